The summed E-state index contributed by atoms with van der Waals surface area (Å²) in [5.41, 5.74) is -0.629. The summed E-state index contributed by atoms with van der Waals surface area (Å²) < 4.78 is 33.9. The van der Waals surface area contributed by atoms with E-state index in [0.29, 0.717) is 5.56 Å². The molecule has 0 spiro atoms. The molecule has 0 saturated heterocycles. The maximum Gasteiger partial charge on any atom is 0.325 e. The van der Waals surface area contributed by atoms with E-state index in [2.05, 4.69) is 0 Å². The summed E-state index contributed by atoms with van der Waals surface area (Å²) in [6, 6.07) is 8.24. The molecule has 0 aliphatic rings. The molecule has 1 aromatic carbocycles. The Hall–Kier alpha value is -0.330. The number of benzene rings is 1. The predicted molar refractivity (Wildman–Crippen MR) is 92.7 cm³/mol. The molecule has 0 amide bonds. The lowest BCUT2D eigenvalue weighted by molar-refractivity contribution is 0.321. The van der Waals surface area contributed by atoms with Crippen LogP contribution >= 0.6 is 22.8 Å². The van der Waals surface area contributed by atoms with Gasteiger partial charge in [-0.05, 0) is 30.2 Å². The molecule has 0 radical (unpaired) electrons. The molecule has 0 heterocycles. The second-order valence-electron chi connectivity index (χ2n) is 6.06. The van der Waals surface area contributed by atoms with Crippen molar-refractivity contribution in [3.8, 4) is 0 Å². The molecule has 0 fully saturated rings. The maximum absolute atomic E-state index is 11.3. The Morgan fingerprint density at radius 3 is 1.24 bits per heavy atom. The standard InChI is InChI=1S/C13H23O9P3/c14-23(15,16)9-6-13(7-10-24(17,18)19,8-11-25(20,21)22)12-4-2-1-3-5-12/h1-5H,6-11H2,(H2,14,15,16)(H2,17,18,19)(H2,20,21,22). The fourth-order valence-electron chi connectivity index (χ4n) is 2.68. The number of hydrogen-bond acceptors (Lipinski definition) is 3. The predicted octanol–water partition coefficient (Wildman–Crippen LogP) is 1.63. The van der Waals surface area contributed by atoms with Crippen molar-refractivity contribution in [2.75, 3.05) is 18.5 Å². The second-order valence-corrected chi connectivity index (χ2v) is 11.4. The molecule has 25 heavy (non-hydrogen) atoms. The van der Waals surface area contributed by atoms with Gasteiger partial charge in [0.05, 0.1) is 18.5 Å². The van der Waals surface area contributed by atoms with Crippen LogP contribution in [-0.2, 0) is 19.1 Å². The molecule has 1 rings (SSSR count). The number of rotatable bonds is 10. The smallest absolute Gasteiger partial charge is 0.324 e. The lowest BCUT2D eigenvalue weighted by Crippen LogP contribution is -2.30. The molecular formula is C13H23O9P3. The molecule has 1 aromatic rings. The summed E-state index contributed by atoms with van der Waals surface area (Å²) in [7, 11) is -13.2. The van der Waals surface area contributed by atoms with Crippen LogP contribution in [0.25, 0.3) is 0 Å². The highest BCUT2D eigenvalue weighted by Crippen LogP contribution is 2.49. The van der Waals surface area contributed by atoms with Crippen molar-refractivity contribution in [1.82, 2.24) is 0 Å². The minimum absolute atomic E-state index is 0.151. The van der Waals surface area contributed by atoms with Gasteiger partial charge in [-0.15, -0.1) is 0 Å². The Kier molecular flexibility index (Phi) is 7.79. The van der Waals surface area contributed by atoms with E-state index in [-0.39, 0.29) is 19.3 Å². The van der Waals surface area contributed by atoms with E-state index < -0.39 is 46.7 Å². The van der Waals surface area contributed by atoms with E-state index >= 15 is 0 Å². The zero-order valence-electron chi connectivity index (χ0n) is 13.4. The van der Waals surface area contributed by atoms with E-state index in [1.807, 2.05) is 0 Å². The molecule has 0 atom stereocenters. The highest BCUT2D eigenvalue weighted by molar-refractivity contribution is 7.52. The Labute approximate surface area is 145 Å². The quantitative estimate of drug-likeness (QED) is 0.310. The van der Waals surface area contributed by atoms with Gasteiger partial charge in [-0.3, -0.25) is 13.7 Å². The maximum atomic E-state index is 11.3. The largest absolute Gasteiger partial charge is 0.325 e. The minimum Gasteiger partial charge on any atom is -0.324 e. The van der Waals surface area contributed by atoms with Crippen LogP contribution < -0.4 is 0 Å². The van der Waals surface area contributed by atoms with Gasteiger partial charge >= 0.3 is 22.8 Å². The van der Waals surface area contributed by atoms with Crippen molar-refractivity contribution in [2.24, 2.45) is 0 Å². The van der Waals surface area contributed by atoms with Crippen LogP contribution in [0.3, 0.4) is 0 Å². The third-order valence-corrected chi connectivity index (χ3v) is 6.45. The van der Waals surface area contributed by atoms with Gasteiger partial charge in [0.15, 0.2) is 0 Å². The van der Waals surface area contributed by atoms with Crippen molar-refractivity contribution in [1.29, 1.82) is 0 Å². The average molecular weight is 416 g/mol. The first-order chi connectivity index (χ1) is 11.2. The summed E-state index contributed by atoms with van der Waals surface area (Å²) in [6.45, 7) is 0. The lowest BCUT2D eigenvalue weighted by Gasteiger charge is -2.35. The van der Waals surface area contributed by atoms with Gasteiger partial charge in [0.25, 0.3) is 0 Å². The average Bonchev–Trinajstić information content (AvgIpc) is 2.45. The van der Waals surface area contributed by atoms with E-state index in [1.165, 1.54) is 0 Å². The summed E-state index contributed by atoms with van der Waals surface area (Å²) in [5.74, 6) is 0. The van der Waals surface area contributed by atoms with Gasteiger partial charge in [0, 0.05) is 0 Å². The molecule has 0 aliphatic carbocycles. The molecular weight excluding hydrogens is 393 g/mol. The molecule has 0 saturated carbocycles. The van der Waals surface area contributed by atoms with Crippen LogP contribution in [0.15, 0.2) is 30.3 Å². The van der Waals surface area contributed by atoms with E-state index in [0.717, 1.165) is 0 Å². The normalized spacial score (nSPS) is 13.8. The summed E-state index contributed by atoms with van der Waals surface area (Å²) in [5, 5.41) is 0. The van der Waals surface area contributed by atoms with Crippen molar-refractivity contribution < 1.29 is 43.1 Å². The first-order valence-corrected chi connectivity index (χ1v) is 12.8. The summed E-state index contributed by atoms with van der Waals surface area (Å²) in [6.07, 6.45) is -2.11. The van der Waals surface area contributed by atoms with Gasteiger partial charge in [0.2, 0.25) is 0 Å². The lowest BCUT2D eigenvalue weighted by atomic mass is 9.73. The second kappa shape index (κ2) is 8.57. The summed E-state index contributed by atoms with van der Waals surface area (Å²) >= 11 is 0. The van der Waals surface area contributed by atoms with Gasteiger partial charge in [-0.2, -0.15) is 0 Å². The van der Waals surface area contributed by atoms with Crippen LogP contribution in [-0.4, -0.2) is 47.8 Å². The molecule has 9 nitrogen and oxygen atoms in total. The highest BCUT2D eigenvalue weighted by atomic mass is 31.2. The SMILES string of the molecule is O=P(O)(O)CCC(CCP(=O)(O)O)(CCP(=O)(O)O)c1ccccc1. The summed E-state index contributed by atoms with van der Waals surface area (Å²) in [4.78, 5) is 55.1. The molecule has 0 unspecified atom stereocenters. The van der Waals surface area contributed by atoms with Crippen LogP contribution in [0.4, 0.5) is 0 Å². The van der Waals surface area contributed by atoms with E-state index in [9.17, 15) is 43.1 Å². The van der Waals surface area contributed by atoms with Crippen LogP contribution in [0.1, 0.15) is 24.8 Å². The third-order valence-electron chi connectivity index (χ3n) is 4.03. The zero-order chi connectivity index (χ0) is 19.4. The van der Waals surface area contributed by atoms with Gasteiger partial charge in [-0.1, -0.05) is 30.3 Å². The molecule has 144 valence electrons. The zero-order valence-corrected chi connectivity index (χ0v) is 16.1. The van der Waals surface area contributed by atoms with Crippen LogP contribution in [0.2, 0.25) is 0 Å². The Bertz CT molecular complexity index is 623. The topological polar surface area (TPSA) is 173 Å². The first kappa shape index (κ1) is 22.7. The third kappa shape index (κ3) is 9.25. The molecule has 0 bridgehead atoms. The molecule has 0 aliphatic heterocycles. The number of hydrogen-bond donors (Lipinski definition) is 6. The van der Waals surface area contributed by atoms with Crippen molar-refractivity contribution in [3.63, 3.8) is 0 Å². The van der Waals surface area contributed by atoms with Crippen molar-refractivity contribution in [3.05, 3.63) is 35.9 Å². The minimum atomic E-state index is -4.40. The van der Waals surface area contributed by atoms with Crippen molar-refractivity contribution in [2.45, 2.75) is 24.7 Å². The monoisotopic (exact) mass is 416 g/mol. The first-order valence-electron chi connectivity index (χ1n) is 7.42. The fourth-order valence-corrected chi connectivity index (χ4v) is 4.84. The van der Waals surface area contributed by atoms with Gasteiger partial charge in [-0.25, -0.2) is 0 Å². The van der Waals surface area contributed by atoms with Crippen LogP contribution in [0, 0.1) is 0 Å². The van der Waals surface area contributed by atoms with Gasteiger partial charge in [0.1, 0.15) is 0 Å². The molecule has 6 N–H and O–H groups in total. The van der Waals surface area contributed by atoms with Crippen molar-refractivity contribution >= 4 is 22.8 Å². The van der Waals surface area contributed by atoms with E-state index in [4.69, 9.17) is 0 Å². The Balaban J connectivity index is 3.26. The van der Waals surface area contributed by atoms with Crippen LogP contribution in [0.5, 0.6) is 0 Å². The van der Waals surface area contributed by atoms with E-state index in [1.54, 1.807) is 30.3 Å². The Morgan fingerprint density at radius 1 is 0.640 bits per heavy atom. The molecule has 12 heteroatoms. The Morgan fingerprint density at radius 2 is 0.960 bits per heavy atom. The highest BCUT2D eigenvalue weighted by Gasteiger charge is 2.37. The molecule has 0 aromatic heterocycles. The fraction of sp³-hybridized carbons (Fsp3) is 0.538. The van der Waals surface area contributed by atoms with Gasteiger partial charge < -0.3 is 29.4 Å².